The molecule has 2 aromatic carbocycles. The van der Waals surface area contributed by atoms with Crippen molar-refractivity contribution in [2.45, 2.75) is 19.9 Å². The Hall–Kier alpha value is -3.15. The summed E-state index contributed by atoms with van der Waals surface area (Å²) >= 11 is 0. The molecule has 1 aliphatic heterocycles. The number of benzene rings is 2. The molecule has 1 fully saturated rings. The third-order valence-electron chi connectivity index (χ3n) is 5.35. The summed E-state index contributed by atoms with van der Waals surface area (Å²) in [6.07, 6.45) is 2.20. The number of para-hydroxylation sites is 3. The molecule has 1 aromatic heterocycles. The molecule has 0 unspecified atom stereocenters. The maximum absolute atomic E-state index is 13.0. The second-order valence-corrected chi connectivity index (χ2v) is 7.18. The minimum atomic E-state index is -0.247. The van der Waals surface area contributed by atoms with Crippen LogP contribution < -0.4 is 10.5 Å². The molecule has 6 nitrogen and oxygen atoms in total. The van der Waals surface area contributed by atoms with Crippen molar-refractivity contribution in [1.29, 1.82) is 0 Å². The highest BCUT2D eigenvalue weighted by Crippen LogP contribution is 2.21. The molecular formula is C22H24N4O2. The Labute approximate surface area is 164 Å². The third kappa shape index (κ3) is 3.63. The van der Waals surface area contributed by atoms with Crippen LogP contribution in [0.3, 0.4) is 0 Å². The Bertz CT molecular complexity index is 1060. The molecule has 0 radical (unpaired) electrons. The number of hydrogen-bond acceptors (Lipinski definition) is 4. The number of nitrogens with zero attached hydrogens (tertiary/aromatic N) is 4. The van der Waals surface area contributed by atoms with Gasteiger partial charge in [-0.1, -0.05) is 30.3 Å². The first-order valence-electron chi connectivity index (χ1n) is 9.66. The van der Waals surface area contributed by atoms with E-state index >= 15 is 0 Å². The molecule has 28 heavy (non-hydrogen) atoms. The van der Waals surface area contributed by atoms with E-state index in [0.717, 1.165) is 25.0 Å². The Kier molecular flexibility index (Phi) is 5.10. The molecule has 0 N–H and O–H groups in total. The van der Waals surface area contributed by atoms with E-state index in [1.807, 2.05) is 35.2 Å². The van der Waals surface area contributed by atoms with Gasteiger partial charge in [-0.25, -0.2) is 4.98 Å². The monoisotopic (exact) mass is 376 g/mol. The van der Waals surface area contributed by atoms with E-state index in [0.29, 0.717) is 18.6 Å². The highest BCUT2D eigenvalue weighted by atomic mass is 16.2. The SMILES string of the molecule is Cc1ccccc1N1CCCN(C(=O)Cn2c(=O)cnc3ccccc32)CC1. The van der Waals surface area contributed by atoms with Crippen LogP contribution in [0, 0.1) is 6.92 Å². The molecule has 0 spiro atoms. The zero-order valence-electron chi connectivity index (χ0n) is 16.0. The molecule has 2 heterocycles. The van der Waals surface area contributed by atoms with Gasteiger partial charge in [0.2, 0.25) is 5.91 Å². The number of hydrogen-bond donors (Lipinski definition) is 0. The van der Waals surface area contributed by atoms with Gasteiger partial charge < -0.3 is 9.80 Å². The Morgan fingerprint density at radius 1 is 1.00 bits per heavy atom. The maximum Gasteiger partial charge on any atom is 0.269 e. The van der Waals surface area contributed by atoms with Crippen LogP contribution in [0.2, 0.25) is 0 Å². The number of carbonyl (C=O) groups excluding carboxylic acids is 1. The van der Waals surface area contributed by atoms with E-state index < -0.39 is 0 Å². The molecule has 0 aliphatic carbocycles. The molecule has 6 heteroatoms. The van der Waals surface area contributed by atoms with Gasteiger partial charge >= 0.3 is 0 Å². The molecule has 1 aliphatic rings. The van der Waals surface area contributed by atoms with Gasteiger partial charge in [0.15, 0.2) is 0 Å². The summed E-state index contributed by atoms with van der Waals surface area (Å²) in [6, 6.07) is 15.8. The summed E-state index contributed by atoms with van der Waals surface area (Å²) < 4.78 is 1.52. The summed E-state index contributed by atoms with van der Waals surface area (Å²) in [7, 11) is 0. The molecule has 1 saturated heterocycles. The van der Waals surface area contributed by atoms with Crippen molar-refractivity contribution in [3.63, 3.8) is 0 Å². The van der Waals surface area contributed by atoms with E-state index in [9.17, 15) is 9.59 Å². The van der Waals surface area contributed by atoms with E-state index in [1.165, 1.54) is 22.0 Å². The standard InChI is InChI=1S/C22H24N4O2/c1-17-7-2-4-9-19(17)24-11-6-12-25(14-13-24)22(28)16-26-20-10-5-3-8-18(20)23-15-21(26)27/h2-5,7-10,15H,6,11-14,16H2,1H3. The van der Waals surface area contributed by atoms with Gasteiger partial charge in [0.1, 0.15) is 6.54 Å². The molecule has 0 saturated carbocycles. The largest absolute Gasteiger partial charge is 0.369 e. The summed E-state index contributed by atoms with van der Waals surface area (Å²) in [5.41, 5.74) is 3.64. The average Bonchev–Trinajstić information content (AvgIpc) is 2.97. The van der Waals surface area contributed by atoms with Crippen LogP contribution in [0.1, 0.15) is 12.0 Å². The molecule has 3 aromatic rings. The van der Waals surface area contributed by atoms with Gasteiger partial charge in [-0.2, -0.15) is 0 Å². The van der Waals surface area contributed by atoms with Gasteiger partial charge in [0.25, 0.3) is 5.56 Å². The third-order valence-corrected chi connectivity index (χ3v) is 5.35. The normalized spacial score (nSPS) is 14.9. The minimum absolute atomic E-state index is 0.0231. The first-order valence-corrected chi connectivity index (χ1v) is 9.66. The second kappa shape index (κ2) is 7.84. The number of aromatic nitrogens is 2. The predicted octanol–water partition coefficient (Wildman–Crippen LogP) is 2.44. The fourth-order valence-corrected chi connectivity index (χ4v) is 3.84. The lowest BCUT2D eigenvalue weighted by atomic mass is 10.2. The maximum atomic E-state index is 13.0. The van der Waals surface area contributed by atoms with Gasteiger partial charge in [0.05, 0.1) is 17.2 Å². The van der Waals surface area contributed by atoms with Gasteiger partial charge in [0, 0.05) is 31.9 Å². The molecule has 0 atom stereocenters. The zero-order chi connectivity index (χ0) is 19.5. The van der Waals surface area contributed by atoms with Crippen molar-refractivity contribution < 1.29 is 4.79 Å². The summed E-state index contributed by atoms with van der Waals surface area (Å²) in [5, 5.41) is 0. The van der Waals surface area contributed by atoms with E-state index in [2.05, 4.69) is 35.0 Å². The molecular weight excluding hydrogens is 352 g/mol. The van der Waals surface area contributed by atoms with Crippen LogP contribution in [0.4, 0.5) is 5.69 Å². The zero-order valence-corrected chi connectivity index (χ0v) is 16.0. The number of aryl methyl sites for hydroxylation is 1. The first-order chi connectivity index (χ1) is 13.6. The summed E-state index contributed by atoms with van der Waals surface area (Å²) in [6.45, 7) is 5.25. The first kappa shape index (κ1) is 18.2. The van der Waals surface area contributed by atoms with Crippen LogP contribution in [0.25, 0.3) is 11.0 Å². The van der Waals surface area contributed by atoms with Crippen molar-refractivity contribution >= 4 is 22.6 Å². The quantitative estimate of drug-likeness (QED) is 0.705. The number of rotatable bonds is 3. The Morgan fingerprint density at radius 2 is 1.79 bits per heavy atom. The fourth-order valence-electron chi connectivity index (χ4n) is 3.84. The highest BCUT2D eigenvalue weighted by Gasteiger charge is 2.21. The van der Waals surface area contributed by atoms with E-state index in [-0.39, 0.29) is 18.0 Å². The molecule has 0 bridgehead atoms. The fraction of sp³-hybridized carbons (Fsp3) is 0.318. The van der Waals surface area contributed by atoms with Gasteiger partial charge in [-0.05, 0) is 37.1 Å². The predicted molar refractivity (Wildman–Crippen MR) is 111 cm³/mol. The van der Waals surface area contributed by atoms with E-state index in [1.54, 1.807) is 0 Å². The van der Waals surface area contributed by atoms with Crippen molar-refractivity contribution in [1.82, 2.24) is 14.5 Å². The molecule has 1 amide bonds. The Morgan fingerprint density at radius 3 is 2.64 bits per heavy atom. The van der Waals surface area contributed by atoms with Crippen molar-refractivity contribution in [3.8, 4) is 0 Å². The lowest BCUT2D eigenvalue weighted by Gasteiger charge is -2.25. The van der Waals surface area contributed by atoms with Crippen molar-refractivity contribution in [2.24, 2.45) is 0 Å². The van der Waals surface area contributed by atoms with Crippen LogP contribution in [-0.4, -0.2) is 46.5 Å². The van der Waals surface area contributed by atoms with Gasteiger partial charge in [-0.3, -0.25) is 14.2 Å². The van der Waals surface area contributed by atoms with E-state index in [4.69, 9.17) is 0 Å². The number of amides is 1. The molecule has 144 valence electrons. The lowest BCUT2D eigenvalue weighted by Crippen LogP contribution is -2.39. The second-order valence-electron chi connectivity index (χ2n) is 7.18. The van der Waals surface area contributed by atoms with Crippen molar-refractivity contribution in [2.75, 3.05) is 31.1 Å². The van der Waals surface area contributed by atoms with Crippen LogP contribution in [-0.2, 0) is 11.3 Å². The van der Waals surface area contributed by atoms with Crippen LogP contribution in [0.15, 0.2) is 59.5 Å². The number of anilines is 1. The average molecular weight is 376 g/mol. The van der Waals surface area contributed by atoms with Gasteiger partial charge in [-0.15, -0.1) is 0 Å². The minimum Gasteiger partial charge on any atom is -0.369 e. The van der Waals surface area contributed by atoms with Crippen LogP contribution >= 0.6 is 0 Å². The lowest BCUT2D eigenvalue weighted by molar-refractivity contribution is -0.131. The smallest absolute Gasteiger partial charge is 0.269 e. The summed E-state index contributed by atoms with van der Waals surface area (Å²) in [4.78, 5) is 33.7. The summed E-state index contributed by atoms with van der Waals surface area (Å²) in [5.74, 6) is -0.0231. The Balaban J connectivity index is 1.50. The van der Waals surface area contributed by atoms with Crippen LogP contribution in [0.5, 0.6) is 0 Å². The van der Waals surface area contributed by atoms with Crippen molar-refractivity contribution in [3.05, 3.63) is 70.6 Å². The highest BCUT2D eigenvalue weighted by molar-refractivity contribution is 5.80. The number of fused-ring (bicyclic) bond motifs is 1. The topological polar surface area (TPSA) is 58.4 Å². The number of carbonyl (C=O) groups is 1. The molecule has 4 rings (SSSR count).